The maximum atomic E-state index is 10.9. The quantitative estimate of drug-likeness (QED) is 0.327. The molecule has 32 valence electrons. The third-order valence-corrected chi connectivity index (χ3v) is 0.364. The van der Waals surface area contributed by atoms with Crippen LogP contribution in [0.15, 0.2) is 11.5 Å². The summed E-state index contributed by atoms with van der Waals surface area (Å²) in [4.78, 5) is 2.51. The highest BCUT2D eigenvalue weighted by Crippen LogP contribution is 1.99. The summed E-state index contributed by atoms with van der Waals surface area (Å²) in [6, 6.07) is 0. The van der Waals surface area contributed by atoms with Gasteiger partial charge in [-0.2, -0.15) is 0 Å². The summed E-state index contributed by atoms with van der Waals surface area (Å²) in [6.07, 6.45) is 0.0502. The molecule has 0 aliphatic rings. The van der Waals surface area contributed by atoms with Crippen LogP contribution in [0.5, 0.6) is 0 Å². The van der Waals surface area contributed by atoms with Gasteiger partial charge < -0.3 is 0 Å². The average molecular weight is 105 g/mol. The minimum Gasteiger partial charge on any atom is -0.227 e. The number of rotatable bonds is 0. The van der Waals surface area contributed by atoms with E-state index in [2.05, 4.69) is 4.85 Å². The van der Waals surface area contributed by atoms with Crippen molar-refractivity contribution in [2.24, 2.45) is 0 Å². The van der Waals surface area contributed by atoms with Gasteiger partial charge in [-0.3, -0.25) is 0 Å². The van der Waals surface area contributed by atoms with E-state index in [9.17, 15) is 4.39 Å². The first kappa shape index (κ1) is 5.45. The molecule has 0 heterocycles. The van der Waals surface area contributed by atoms with E-state index in [1.807, 2.05) is 0 Å². The second-order valence-corrected chi connectivity index (χ2v) is 0.931. The molecule has 0 fully saturated rings. The Kier molecular flexibility index (Phi) is 2.43. The van der Waals surface area contributed by atoms with Crippen molar-refractivity contribution in [3.63, 3.8) is 0 Å². The molecule has 0 spiro atoms. The molecule has 1 nitrogen and oxygen atoms in total. The maximum absolute atomic E-state index is 10.9. The van der Waals surface area contributed by atoms with Gasteiger partial charge in [-0.05, 0) is 0 Å². The summed E-state index contributed by atoms with van der Waals surface area (Å²) >= 11 is 4.78. The summed E-state index contributed by atoms with van der Waals surface area (Å²) in [5.74, 6) is 0. The van der Waals surface area contributed by atoms with Gasteiger partial charge in [0.25, 0.3) is 5.16 Å². The van der Waals surface area contributed by atoms with E-state index >= 15 is 0 Å². The Morgan fingerprint density at radius 1 is 2.00 bits per heavy atom. The summed E-state index contributed by atoms with van der Waals surface area (Å²) in [7, 11) is 0. The Balaban J connectivity index is 3.61. The van der Waals surface area contributed by atoms with Gasteiger partial charge in [-0.25, -0.2) is 9.24 Å². The van der Waals surface area contributed by atoms with Crippen molar-refractivity contribution in [2.45, 2.75) is 0 Å². The first-order valence-corrected chi connectivity index (χ1v) is 1.52. The van der Waals surface area contributed by atoms with Crippen molar-refractivity contribution in [1.82, 2.24) is 0 Å². The van der Waals surface area contributed by atoms with Crippen LogP contribution < -0.4 is 0 Å². The van der Waals surface area contributed by atoms with Crippen molar-refractivity contribution in [3.8, 4) is 0 Å². The topological polar surface area (TPSA) is 4.36 Å². The van der Waals surface area contributed by atoms with Gasteiger partial charge in [-0.15, -0.1) is 11.6 Å². The highest BCUT2D eigenvalue weighted by molar-refractivity contribution is 6.30. The lowest BCUT2D eigenvalue weighted by Gasteiger charge is -1.65. The van der Waals surface area contributed by atoms with Crippen LogP contribution in [0.4, 0.5) is 4.39 Å². The van der Waals surface area contributed by atoms with Gasteiger partial charge in [-0.1, -0.05) is 0 Å². The zero-order chi connectivity index (χ0) is 4.99. The van der Waals surface area contributed by atoms with E-state index in [0.29, 0.717) is 0 Å². The fraction of sp³-hybridized carbons (Fsp3) is 0. The molecule has 0 radical (unpaired) electrons. The lowest BCUT2D eigenvalue weighted by Crippen LogP contribution is -1.44. The van der Waals surface area contributed by atoms with Crippen LogP contribution >= 0.6 is 11.6 Å². The van der Waals surface area contributed by atoms with E-state index < -0.39 is 5.16 Å². The fourth-order valence-corrected chi connectivity index (χ4v) is 0.0244. The molecule has 0 rings (SSSR count). The van der Waals surface area contributed by atoms with Crippen molar-refractivity contribution >= 4 is 11.6 Å². The van der Waals surface area contributed by atoms with Gasteiger partial charge in [0, 0.05) is 0 Å². The van der Waals surface area contributed by atoms with E-state index in [4.69, 9.17) is 18.2 Å². The summed E-state index contributed by atoms with van der Waals surface area (Å²) in [5, 5.41) is -0.435. The third-order valence-electron chi connectivity index (χ3n) is 0.197. The molecule has 3 heteroatoms. The molecule has 0 aromatic carbocycles. The Labute approximate surface area is 39.9 Å². The molecule has 6 heavy (non-hydrogen) atoms. The Morgan fingerprint density at radius 3 is 2.50 bits per heavy atom. The highest BCUT2D eigenvalue weighted by atomic mass is 35.5. The van der Waals surface area contributed by atoms with E-state index in [1.54, 1.807) is 0 Å². The molecule has 0 saturated heterocycles. The van der Waals surface area contributed by atoms with Crippen LogP contribution in [0, 0.1) is 6.57 Å². The molecule has 0 saturated carbocycles. The van der Waals surface area contributed by atoms with E-state index in [-0.39, 0.29) is 6.33 Å². The molecular weight excluding hydrogens is 104 g/mol. The SMILES string of the molecule is [C-]#[N+]/C(Cl)=C/F. The standard InChI is InChI=1S/C3HClFN/c1-6-3(4)2-5/h2H/b3-2+. The summed E-state index contributed by atoms with van der Waals surface area (Å²) in [6.45, 7) is 5.99. The van der Waals surface area contributed by atoms with Gasteiger partial charge in [0.1, 0.15) is 6.33 Å². The number of hydrogen-bond donors (Lipinski definition) is 0. The fourth-order valence-electron chi connectivity index (χ4n) is 0.0244. The van der Waals surface area contributed by atoms with Gasteiger partial charge in [0.2, 0.25) is 0 Å². The summed E-state index contributed by atoms with van der Waals surface area (Å²) < 4.78 is 10.9. The predicted octanol–water partition coefficient (Wildman–Crippen LogP) is 1.91. The maximum Gasteiger partial charge on any atom is 0.280 e. The molecule has 0 unspecified atom stereocenters. The number of nitrogens with zero attached hydrogens (tertiary/aromatic N) is 1. The van der Waals surface area contributed by atoms with Crippen molar-refractivity contribution in [3.05, 3.63) is 22.9 Å². The molecule has 0 atom stereocenters. The lowest BCUT2D eigenvalue weighted by atomic mass is 11.0. The van der Waals surface area contributed by atoms with Crippen molar-refractivity contribution in [2.75, 3.05) is 0 Å². The van der Waals surface area contributed by atoms with Gasteiger partial charge in [0.05, 0.1) is 6.57 Å². The summed E-state index contributed by atoms with van der Waals surface area (Å²) in [5.41, 5.74) is 0. The predicted molar refractivity (Wildman–Crippen MR) is 21.6 cm³/mol. The number of halogens is 2. The highest BCUT2D eigenvalue weighted by Gasteiger charge is 1.79. The molecule has 0 aromatic heterocycles. The minimum atomic E-state index is -0.435. The molecular formula is C3HClFN. The van der Waals surface area contributed by atoms with Crippen molar-refractivity contribution < 1.29 is 4.39 Å². The third kappa shape index (κ3) is 1.74. The Hall–Kier alpha value is -0.550. The number of hydrogen-bond acceptors (Lipinski definition) is 0. The van der Waals surface area contributed by atoms with Crippen LogP contribution in [0.2, 0.25) is 0 Å². The van der Waals surface area contributed by atoms with Crippen LogP contribution in [-0.2, 0) is 0 Å². The first-order chi connectivity index (χ1) is 2.81. The lowest BCUT2D eigenvalue weighted by molar-refractivity contribution is 0.719. The van der Waals surface area contributed by atoms with Crippen LogP contribution in [-0.4, -0.2) is 0 Å². The Bertz CT molecular complexity index is 102. The Morgan fingerprint density at radius 2 is 2.50 bits per heavy atom. The van der Waals surface area contributed by atoms with Crippen LogP contribution in [0.1, 0.15) is 0 Å². The van der Waals surface area contributed by atoms with Crippen molar-refractivity contribution in [1.29, 1.82) is 0 Å². The zero-order valence-electron chi connectivity index (χ0n) is 2.78. The zero-order valence-corrected chi connectivity index (χ0v) is 3.54. The monoisotopic (exact) mass is 105 g/mol. The normalized spacial score (nSPS) is 10.5. The van der Waals surface area contributed by atoms with Crippen LogP contribution in [0.25, 0.3) is 4.85 Å². The van der Waals surface area contributed by atoms with Gasteiger partial charge >= 0.3 is 0 Å². The van der Waals surface area contributed by atoms with E-state index in [1.165, 1.54) is 0 Å². The average Bonchev–Trinajstić information content (AvgIpc) is 1.65. The van der Waals surface area contributed by atoms with Crippen LogP contribution in [0.3, 0.4) is 0 Å². The molecule has 0 aliphatic heterocycles. The molecule has 0 aromatic rings. The second-order valence-electron chi connectivity index (χ2n) is 0.544. The largest absolute Gasteiger partial charge is 0.280 e. The molecule has 0 bridgehead atoms. The first-order valence-electron chi connectivity index (χ1n) is 1.14. The van der Waals surface area contributed by atoms with Gasteiger partial charge in [0.15, 0.2) is 0 Å². The smallest absolute Gasteiger partial charge is 0.227 e. The van der Waals surface area contributed by atoms with E-state index in [0.717, 1.165) is 0 Å². The minimum absolute atomic E-state index is 0.0502. The molecule has 0 aliphatic carbocycles. The molecule has 0 amide bonds. The second kappa shape index (κ2) is 2.67. The molecule has 0 N–H and O–H groups in total.